The zero-order chi connectivity index (χ0) is 23.4. The second-order valence-corrected chi connectivity index (χ2v) is 9.50. The number of nitrogens with one attached hydrogen (secondary N) is 1. The normalized spacial score (nSPS) is 15.0. The number of carbonyl (C=O) groups is 2. The molecule has 1 N–H and O–H groups in total. The van der Waals surface area contributed by atoms with E-state index in [9.17, 15) is 9.59 Å². The molecule has 1 aliphatic heterocycles. The van der Waals surface area contributed by atoms with Gasteiger partial charge in [0.05, 0.1) is 17.3 Å². The van der Waals surface area contributed by atoms with E-state index in [1.165, 1.54) is 17.4 Å². The van der Waals surface area contributed by atoms with Crippen molar-refractivity contribution >= 4 is 35.0 Å². The molecule has 7 nitrogen and oxygen atoms in total. The molecule has 4 rings (SSSR count). The number of nitrogens with zero attached hydrogens (tertiary/aromatic N) is 4. The first-order valence-electron chi connectivity index (χ1n) is 11.6. The van der Waals surface area contributed by atoms with Gasteiger partial charge in [0.1, 0.15) is 0 Å². The molecule has 1 saturated heterocycles. The highest BCUT2D eigenvalue weighted by Gasteiger charge is 2.23. The van der Waals surface area contributed by atoms with Crippen molar-refractivity contribution in [3.8, 4) is 0 Å². The summed E-state index contributed by atoms with van der Waals surface area (Å²) < 4.78 is 4.20. The van der Waals surface area contributed by atoms with Gasteiger partial charge in [-0.15, -0.1) is 0 Å². The first-order valence-corrected chi connectivity index (χ1v) is 12.3. The third-order valence-corrected chi connectivity index (χ3v) is 7.27. The molecule has 0 aliphatic carbocycles. The van der Waals surface area contributed by atoms with Gasteiger partial charge in [-0.1, -0.05) is 0 Å². The molecule has 33 heavy (non-hydrogen) atoms. The second kappa shape index (κ2) is 10.4. The van der Waals surface area contributed by atoms with Crippen LogP contribution in [0.5, 0.6) is 0 Å². The quantitative estimate of drug-likeness (QED) is 0.514. The molecule has 0 saturated carbocycles. The maximum atomic E-state index is 12.9. The van der Waals surface area contributed by atoms with Crippen molar-refractivity contribution in [1.82, 2.24) is 18.8 Å². The fraction of sp³-hybridized carbons (Fsp3) is 0.400. The van der Waals surface area contributed by atoms with Crippen molar-refractivity contribution in [2.45, 2.75) is 44.4 Å². The van der Waals surface area contributed by atoms with Crippen molar-refractivity contribution in [1.29, 1.82) is 0 Å². The maximum Gasteiger partial charge on any atom is 0.257 e. The fourth-order valence-electron chi connectivity index (χ4n) is 4.33. The molecule has 174 valence electrons. The van der Waals surface area contributed by atoms with E-state index in [0.29, 0.717) is 24.6 Å². The molecule has 2 amide bonds. The van der Waals surface area contributed by atoms with E-state index in [4.69, 9.17) is 0 Å². The molecular formula is C25H31N5O2S. The standard InChI is InChI=1S/C25H31N5O2S/c1-4-28(5-2)25(32)23-17-26-30-15-12-20(16-24(23)30)19-10-13-29(14-11-19)33-22-8-6-21(7-9-22)27-18(3)31/h6-9,12,15-17,19H,4-5,10-11,13-14H2,1-3H3,(H,27,31). The van der Waals surface area contributed by atoms with Crippen LogP contribution in [0.1, 0.15) is 55.5 Å². The summed E-state index contributed by atoms with van der Waals surface area (Å²) in [7, 11) is 0. The molecule has 0 spiro atoms. The van der Waals surface area contributed by atoms with Gasteiger partial charge in [-0.2, -0.15) is 5.10 Å². The van der Waals surface area contributed by atoms with Crippen molar-refractivity contribution in [3.63, 3.8) is 0 Å². The van der Waals surface area contributed by atoms with E-state index in [-0.39, 0.29) is 11.8 Å². The lowest BCUT2D eigenvalue weighted by molar-refractivity contribution is -0.114. The molecule has 0 radical (unpaired) electrons. The number of rotatable bonds is 7. The Balaban J connectivity index is 1.40. The predicted molar refractivity (Wildman–Crippen MR) is 133 cm³/mol. The van der Waals surface area contributed by atoms with Gasteiger partial charge in [-0.25, -0.2) is 8.82 Å². The minimum absolute atomic E-state index is 0.0443. The molecule has 3 aromatic rings. The summed E-state index contributed by atoms with van der Waals surface area (Å²) in [5, 5.41) is 7.19. The van der Waals surface area contributed by atoms with Crippen molar-refractivity contribution in [3.05, 3.63) is 59.9 Å². The summed E-state index contributed by atoms with van der Waals surface area (Å²) in [6.45, 7) is 8.90. The Morgan fingerprint density at radius 2 is 1.82 bits per heavy atom. The van der Waals surface area contributed by atoms with E-state index >= 15 is 0 Å². The van der Waals surface area contributed by atoms with E-state index in [1.807, 2.05) is 49.2 Å². The molecule has 0 atom stereocenters. The molecule has 8 heteroatoms. The van der Waals surface area contributed by atoms with Crippen molar-refractivity contribution < 1.29 is 9.59 Å². The van der Waals surface area contributed by atoms with Gasteiger partial charge in [0.25, 0.3) is 5.91 Å². The van der Waals surface area contributed by atoms with Crippen molar-refractivity contribution in [2.75, 3.05) is 31.5 Å². The Bertz CT molecular complexity index is 1120. The smallest absolute Gasteiger partial charge is 0.257 e. The monoisotopic (exact) mass is 465 g/mol. The van der Waals surface area contributed by atoms with Gasteiger partial charge in [0.15, 0.2) is 0 Å². The predicted octanol–water partition coefficient (Wildman–Crippen LogP) is 4.66. The Kier molecular flexibility index (Phi) is 7.35. The SMILES string of the molecule is CCN(CC)C(=O)c1cnn2ccc(C3CCN(Sc4ccc(NC(C)=O)cc4)CC3)cc12. The molecular weight excluding hydrogens is 434 g/mol. The fourth-order valence-corrected chi connectivity index (χ4v) is 5.28. The Labute approximate surface area is 199 Å². The molecule has 0 bridgehead atoms. The number of amides is 2. The summed E-state index contributed by atoms with van der Waals surface area (Å²) >= 11 is 1.76. The van der Waals surface area contributed by atoms with E-state index < -0.39 is 0 Å². The average molecular weight is 466 g/mol. The van der Waals surface area contributed by atoms with Gasteiger partial charge < -0.3 is 10.2 Å². The van der Waals surface area contributed by atoms with Crippen LogP contribution in [0.25, 0.3) is 5.52 Å². The van der Waals surface area contributed by atoms with Gasteiger partial charge in [-0.05, 0) is 86.5 Å². The lowest BCUT2D eigenvalue weighted by atomic mass is 9.90. The highest BCUT2D eigenvalue weighted by atomic mass is 32.2. The number of carbonyl (C=O) groups excluding carboxylic acids is 2. The third kappa shape index (κ3) is 5.39. The summed E-state index contributed by atoms with van der Waals surface area (Å²) in [6, 6.07) is 12.3. The summed E-state index contributed by atoms with van der Waals surface area (Å²) in [5.41, 5.74) is 3.66. The molecule has 3 heterocycles. The summed E-state index contributed by atoms with van der Waals surface area (Å²) in [6.07, 6.45) is 5.80. The van der Waals surface area contributed by atoms with E-state index in [0.717, 1.165) is 37.1 Å². The number of hydrogen-bond donors (Lipinski definition) is 1. The molecule has 1 aromatic carbocycles. The average Bonchev–Trinajstić information content (AvgIpc) is 3.24. The lowest BCUT2D eigenvalue weighted by Crippen LogP contribution is -2.30. The topological polar surface area (TPSA) is 70.0 Å². The summed E-state index contributed by atoms with van der Waals surface area (Å²) in [5.74, 6) is 0.458. The minimum atomic E-state index is -0.0591. The molecule has 1 aliphatic rings. The lowest BCUT2D eigenvalue weighted by Gasteiger charge is -2.31. The summed E-state index contributed by atoms with van der Waals surface area (Å²) in [4.78, 5) is 27.1. The van der Waals surface area contributed by atoms with E-state index in [1.54, 1.807) is 22.7 Å². The molecule has 0 unspecified atom stereocenters. The molecule has 1 fully saturated rings. The Hall–Kier alpha value is -2.84. The number of fused-ring (bicyclic) bond motifs is 1. The Morgan fingerprint density at radius 1 is 1.12 bits per heavy atom. The van der Waals surface area contributed by atoms with Crippen LogP contribution in [0.3, 0.4) is 0 Å². The van der Waals surface area contributed by atoms with Crippen LogP contribution in [0, 0.1) is 0 Å². The largest absolute Gasteiger partial charge is 0.339 e. The van der Waals surface area contributed by atoms with Crippen LogP contribution in [0.15, 0.2) is 53.7 Å². The highest BCUT2D eigenvalue weighted by molar-refractivity contribution is 7.97. The number of anilines is 1. The van der Waals surface area contributed by atoms with Crippen LogP contribution < -0.4 is 5.32 Å². The highest BCUT2D eigenvalue weighted by Crippen LogP contribution is 2.34. The van der Waals surface area contributed by atoms with Crippen molar-refractivity contribution in [2.24, 2.45) is 0 Å². The van der Waals surface area contributed by atoms with Gasteiger partial charge in [0, 0.05) is 49.9 Å². The van der Waals surface area contributed by atoms with Crippen LogP contribution in [-0.4, -0.2) is 56.8 Å². The number of benzene rings is 1. The van der Waals surface area contributed by atoms with Gasteiger partial charge in [0.2, 0.25) is 5.91 Å². The molecule has 2 aromatic heterocycles. The number of hydrogen-bond acceptors (Lipinski definition) is 5. The maximum absolute atomic E-state index is 12.9. The zero-order valence-corrected chi connectivity index (χ0v) is 20.3. The number of pyridine rings is 1. The minimum Gasteiger partial charge on any atom is -0.339 e. The van der Waals surface area contributed by atoms with Crippen LogP contribution in [0.2, 0.25) is 0 Å². The van der Waals surface area contributed by atoms with Crippen LogP contribution >= 0.6 is 11.9 Å². The van der Waals surface area contributed by atoms with Crippen LogP contribution in [-0.2, 0) is 4.79 Å². The van der Waals surface area contributed by atoms with E-state index in [2.05, 4.69) is 26.9 Å². The first-order chi connectivity index (χ1) is 16.0. The number of aromatic nitrogens is 2. The Morgan fingerprint density at radius 3 is 2.45 bits per heavy atom. The van der Waals surface area contributed by atoms with Crippen LogP contribution in [0.4, 0.5) is 5.69 Å². The van der Waals surface area contributed by atoms with Gasteiger partial charge in [-0.3, -0.25) is 9.59 Å². The second-order valence-electron chi connectivity index (χ2n) is 8.33. The number of piperidine rings is 1. The first kappa shape index (κ1) is 23.3. The third-order valence-electron chi connectivity index (χ3n) is 6.16. The van der Waals surface area contributed by atoms with Gasteiger partial charge >= 0.3 is 0 Å². The zero-order valence-electron chi connectivity index (χ0n) is 19.5.